The van der Waals surface area contributed by atoms with Crippen LogP contribution in [0.4, 0.5) is 0 Å². The molecule has 1 aliphatic heterocycles. The zero-order chi connectivity index (χ0) is 29.6. The van der Waals surface area contributed by atoms with Crippen molar-refractivity contribution < 1.29 is 24.1 Å². The molecule has 7 heteroatoms. The summed E-state index contributed by atoms with van der Waals surface area (Å²) >= 11 is 6.16. The van der Waals surface area contributed by atoms with Crippen molar-refractivity contribution in [2.45, 2.75) is 25.2 Å². The van der Waals surface area contributed by atoms with Gasteiger partial charge in [-0.3, -0.25) is 0 Å². The number of hydrogen-bond acceptors (Lipinski definition) is 5. The van der Waals surface area contributed by atoms with Gasteiger partial charge in [0.2, 0.25) is 0 Å². The van der Waals surface area contributed by atoms with Crippen LogP contribution in [-0.4, -0.2) is 29.3 Å². The molecule has 216 valence electrons. The summed E-state index contributed by atoms with van der Waals surface area (Å²) in [5.41, 5.74) is 5.87. The lowest BCUT2D eigenvalue weighted by Crippen LogP contribution is -2.28. The van der Waals surface area contributed by atoms with Gasteiger partial charge in [-0.1, -0.05) is 84.4 Å². The highest BCUT2D eigenvalue weighted by Gasteiger charge is 2.38. The van der Waals surface area contributed by atoms with Crippen LogP contribution in [0.3, 0.4) is 0 Å². The maximum atomic E-state index is 11.6. The minimum atomic E-state index is -1.02. The summed E-state index contributed by atoms with van der Waals surface area (Å²) in [5, 5.41) is 11.2. The number of rotatable bonds is 10. The Morgan fingerprint density at radius 2 is 1.65 bits per heavy atom. The van der Waals surface area contributed by atoms with Gasteiger partial charge in [0, 0.05) is 22.4 Å². The Kier molecular flexibility index (Phi) is 8.52. The van der Waals surface area contributed by atoms with E-state index in [2.05, 4.69) is 12.1 Å². The number of carboxylic acids is 1. The van der Waals surface area contributed by atoms with E-state index in [0.717, 1.165) is 38.9 Å². The SMILES string of the molecule is O=C(O)c1ccccc1OCc1ccccc1CCC1(c2cccc(/C=C/c3ccc4ccc(Cl)cc4n3)c2)OCCO1. The molecule has 0 aliphatic carbocycles. The van der Waals surface area contributed by atoms with Gasteiger partial charge in [-0.2, -0.15) is 0 Å². The summed E-state index contributed by atoms with van der Waals surface area (Å²) in [5.74, 6) is -1.54. The van der Waals surface area contributed by atoms with Crippen LogP contribution in [0.25, 0.3) is 23.1 Å². The zero-order valence-corrected chi connectivity index (χ0v) is 24.2. The molecule has 6 rings (SSSR count). The van der Waals surface area contributed by atoms with Crippen molar-refractivity contribution in [2.24, 2.45) is 0 Å². The average Bonchev–Trinajstić information content (AvgIpc) is 3.52. The Morgan fingerprint density at radius 1 is 0.884 bits per heavy atom. The number of aromatic carboxylic acids is 1. The molecular weight excluding hydrogens is 562 g/mol. The van der Waals surface area contributed by atoms with E-state index in [4.69, 9.17) is 30.8 Å². The van der Waals surface area contributed by atoms with E-state index >= 15 is 0 Å². The topological polar surface area (TPSA) is 77.9 Å². The standard InChI is InChI=1S/C36H30ClNO5/c37-30-15-13-27-14-17-31(38-33(27)23-30)16-12-25-6-5-9-29(22-25)36(42-20-21-43-36)19-18-26-7-1-2-8-28(26)24-41-34-11-4-3-10-32(34)35(39)40/h1-17,22-23H,18-21,24H2,(H,39,40)/b16-12+. The van der Waals surface area contributed by atoms with Gasteiger partial charge in [0.25, 0.3) is 0 Å². The Balaban J connectivity index is 1.19. The number of carboxylic acid groups (broad SMARTS) is 1. The Morgan fingerprint density at radius 3 is 2.49 bits per heavy atom. The monoisotopic (exact) mass is 591 g/mol. The minimum Gasteiger partial charge on any atom is -0.488 e. The molecule has 2 heterocycles. The third-order valence-electron chi connectivity index (χ3n) is 7.54. The number of halogens is 1. The van der Waals surface area contributed by atoms with Gasteiger partial charge in [-0.05, 0) is 65.6 Å². The largest absolute Gasteiger partial charge is 0.488 e. The molecule has 1 saturated heterocycles. The first-order valence-electron chi connectivity index (χ1n) is 14.1. The first kappa shape index (κ1) is 28.6. The van der Waals surface area contributed by atoms with Crippen LogP contribution in [0.15, 0.2) is 103 Å². The van der Waals surface area contributed by atoms with Crippen LogP contribution < -0.4 is 4.74 Å². The summed E-state index contributed by atoms with van der Waals surface area (Å²) < 4.78 is 18.5. The van der Waals surface area contributed by atoms with E-state index in [1.807, 2.05) is 78.9 Å². The van der Waals surface area contributed by atoms with Crippen LogP contribution >= 0.6 is 11.6 Å². The van der Waals surface area contributed by atoms with Crippen LogP contribution in [-0.2, 0) is 28.3 Å². The lowest BCUT2D eigenvalue weighted by atomic mass is 9.94. The number of fused-ring (bicyclic) bond motifs is 1. The number of ether oxygens (including phenoxy) is 3. The van der Waals surface area contributed by atoms with E-state index < -0.39 is 11.8 Å². The first-order valence-corrected chi connectivity index (χ1v) is 14.5. The molecule has 5 aromatic rings. The molecule has 0 amide bonds. The van der Waals surface area contributed by atoms with Gasteiger partial charge < -0.3 is 19.3 Å². The summed E-state index contributed by atoms with van der Waals surface area (Å²) in [6.45, 7) is 1.28. The number of pyridine rings is 1. The molecular formula is C36H30ClNO5. The maximum absolute atomic E-state index is 11.6. The molecule has 4 aromatic carbocycles. The quantitative estimate of drug-likeness (QED) is 0.176. The molecule has 43 heavy (non-hydrogen) atoms. The van der Waals surface area contributed by atoms with E-state index in [0.29, 0.717) is 36.8 Å². The van der Waals surface area contributed by atoms with Crippen molar-refractivity contribution in [1.29, 1.82) is 0 Å². The van der Waals surface area contributed by atoms with Gasteiger partial charge in [-0.25, -0.2) is 9.78 Å². The van der Waals surface area contributed by atoms with Crippen LogP contribution in [0.2, 0.25) is 5.02 Å². The Hall–Kier alpha value is -4.49. The third kappa shape index (κ3) is 6.62. The number of para-hydroxylation sites is 1. The number of benzene rings is 4. The number of nitrogens with zero attached hydrogens (tertiary/aromatic N) is 1. The second-order valence-corrected chi connectivity index (χ2v) is 10.8. The van der Waals surface area contributed by atoms with Crippen molar-refractivity contribution in [1.82, 2.24) is 4.98 Å². The molecule has 6 nitrogen and oxygen atoms in total. The van der Waals surface area contributed by atoms with Crippen LogP contribution in [0.1, 0.15) is 44.7 Å². The predicted octanol–water partition coefficient (Wildman–Crippen LogP) is 8.17. The average molecular weight is 592 g/mol. The smallest absolute Gasteiger partial charge is 0.339 e. The highest BCUT2D eigenvalue weighted by Crippen LogP contribution is 2.37. The predicted molar refractivity (Wildman–Crippen MR) is 168 cm³/mol. The van der Waals surface area contributed by atoms with Crippen molar-refractivity contribution in [3.8, 4) is 5.75 Å². The van der Waals surface area contributed by atoms with E-state index in [9.17, 15) is 9.90 Å². The normalized spacial score (nSPS) is 14.3. The number of aryl methyl sites for hydroxylation is 1. The minimum absolute atomic E-state index is 0.140. The first-order chi connectivity index (χ1) is 21.0. The molecule has 1 fully saturated rings. The van der Waals surface area contributed by atoms with Crippen molar-refractivity contribution in [3.63, 3.8) is 0 Å². The molecule has 1 aliphatic rings. The lowest BCUT2D eigenvalue weighted by Gasteiger charge is -2.28. The van der Waals surface area contributed by atoms with Gasteiger partial charge in [0.15, 0.2) is 5.79 Å². The third-order valence-corrected chi connectivity index (χ3v) is 7.78. The second-order valence-electron chi connectivity index (χ2n) is 10.3. The lowest BCUT2D eigenvalue weighted by molar-refractivity contribution is -0.170. The maximum Gasteiger partial charge on any atom is 0.339 e. The zero-order valence-electron chi connectivity index (χ0n) is 23.4. The molecule has 1 N–H and O–H groups in total. The number of aromatic nitrogens is 1. The Bertz CT molecular complexity index is 1790. The van der Waals surface area contributed by atoms with Gasteiger partial charge >= 0.3 is 5.97 Å². The summed E-state index contributed by atoms with van der Waals surface area (Å²) in [6, 6.07) is 32.6. The number of carbonyl (C=O) groups is 1. The molecule has 0 spiro atoms. The van der Waals surface area contributed by atoms with Crippen LogP contribution in [0.5, 0.6) is 5.75 Å². The van der Waals surface area contributed by atoms with Crippen LogP contribution in [0, 0.1) is 0 Å². The van der Waals surface area contributed by atoms with Crippen molar-refractivity contribution in [2.75, 3.05) is 13.2 Å². The Labute approximate surface area is 255 Å². The fourth-order valence-electron chi connectivity index (χ4n) is 5.34. The van der Waals surface area contributed by atoms with Gasteiger partial charge in [0.1, 0.15) is 17.9 Å². The molecule has 0 atom stereocenters. The molecule has 0 radical (unpaired) electrons. The molecule has 0 saturated carbocycles. The number of hydrogen-bond donors (Lipinski definition) is 1. The van der Waals surface area contributed by atoms with Crippen molar-refractivity contribution >= 4 is 40.6 Å². The van der Waals surface area contributed by atoms with Gasteiger partial charge in [0.05, 0.1) is 24.4 Å². The molecule has 1 aromatic heterocycles. The van der Waals surface area contributed by atoms with E-state index in [1.54, 1.807) is 24.3 Å². The summed E-state index contributed by atoms with van der Waals surface area (Å²) in [7, 11) is 0. The van der Waals surface area contributed by atoms with E-state index in [1.165, 1.54) is 0 Å². The molecule has 0 bridgehead atoms. The van der Waals surface area contributed by atoms with Gasteiger partial charge in [-0.15, -0.1) is 0 Å². The highest BCUT2D eigenvalue weighted by molar-refractivity contribution is 6.31. The summed E-state index contributed by atoms with van der Waals surface area (Å²) in [6.07, 6.45) is 5.31. The highest BCUT2D eigenvalue weighted by atomic mass is 35.5. The fourth-order valence-corrected chi connectivity index (χ4v) is 5.50. The van der Waals surface area contributed by atoms with E-state index in [-0.39, 0.29) is 12.2 Å². The second kappa shape index (κ2) is 12.8. The van der Waals surface area contributed by atoms with Crippen molar-refractivity contribution in [3.05, 3.63) is 142 Å². The molecule has 0 unspecified atom stereocenters. The summed E-state index contributed by atoms with van der Waals surface area (Å²) in [4.78, 5) is 16.3. The fraction of sp³-hybridized carbons (Fsp3) is 0.167.